The lowest BCUT2D eigenvalue weighted by Gasteiger charge is -2.44. The van der Waals surface area contributed by atoms with Gasteiger partial charge in [0.2, 0.25) is 0 Å². The highest BCUT2D eigenvalue weighted by Gasteiger charge is 2.33. The first-order chi connectivity index (χ1) is 12.1. The van der Waals surface area contributed by atoms with Crippen LogP contribution in [-0.4, -0.2) is 65.4 Å². The molecule has 1 atom stereocenters. The fourth-order valence-corrected chi connectivity index (χ4v) is 4.57. The maximum absolute atomic E-state index is 9.89. The number of halogens is 1. The van der Waals surface area contributed by atoms with E-state index < -0.39 is 0 Å². The molecule has 1 aliphatic heterocycles. The van der Waals surface area contributed by atoms with E-state index in [-0.39, 0.29) is 12.4 Å². The SMILES string of the molecule is COc1cc(CN2CCN(C3CCCC3)C(CCO)C2)cc(Cl)c1O. The van der Waals surface area contributed by atoms with Crippen molar-refractivity contribution in [3.8, 4) is 11.5 Å². The number of methoxy groups -OCH3 is 1. The van der Waals surface area contributed by atoms with E-state index in [1.165, 1.54) is 32.8 Å². The maximum Gasteiger partial charge on any atom is 0.176 e. The molecule has 0 radical (unpaired) electrons. The first-order valence-electron chi connectivity index (χ1n) is 9.26. The van der Waals surface area contributed by atoms with Gasteiger partial charge in [0.15, 0.2) is 11.5 Å². The molecule has 1 aliphatic carbocycles. The molecule has 0 amide bonds. The largest absolute Gasteiger partial charge is 0.503 e. The van der Waals surface area contributed by atoms with Crippen LogP contribution in [0.3, 0.4) is 0 Å². The number of aromatic hydroxyl groups is 1. The topological polar surface area (TPSA) is 56.2 Å². The molecule has 1 saturated carbocycles. The number of aliphatic hydroxyl groups excluding tert-OH is 1. The van der Waals surface area contributed by atoms with E-state index >= 15 is 0 Å². The predicted octanol–water partition coefficient (Wildman–Crippen LogP) is 2.87. The summed E-state index contributed by atoms with van der Waals surface area (Å²) in [5.74, 6) is 0.413. The van der Waals surface area contributed by atoms with Crippen molar-refractivity contribution in [1.82, 2.24) is 9.80 Å². The number of phenols is 1. The third kappa shape index (κ3) is 4.40. The molecular weight excluding hydrogens is 340 g/mol. The lowest BCUT2D eigenvalue weighted by Crippen LogP contribution is -2.56. The van der Waals surface area contributed by atoms with Crippen molar-refractivity contribution in [2.24, 2.45) is 0 Å². The summed E-state index contributed by atoms with van der Waals surface area (Å²) in [5.41, 5.74) is 1.04. The summed E-state index contributed by atoms with van der Waals surface area (Å²) in [6.07, 6.45) is 6.09. The molecule has 1 aromatic carbocycles. The van der Waals surface area contributed by atoms with Crippen LogP contribution in [0.2, 0.25) is 5.02 Å². The van der Waals surface area contributed by atoms with Gasteiger partial charge in [-0.05, 0) is 37.0 Å². The quantitative estimate of drug-likeness (QED) is 0.808. The summed E-state index contributed by atoms with van der Waals surface area (Å²) in [6, 6.07) is 4.77. The minimum Gasteiger partial charge on any atom is -0.503 e. The molecule has 25 heavy (non-hydrogen) atoms. The van der Waals surface area contributed by atoms with Gasteiger partial charge >= 0.3 is 0 Å². The molecule has 2 aliphatic rings. The van der Waals surface area contributed by atoms with Crippen LogP contribution in [0, 0.1) is 0 Å². The zero-order valence-electron chi connectivity index (χ0n) is 15.0. The predicted molar refractivity (Wildman–Crippen MR) is 99.4 cm³/mol. The van der Waals surface area contributed by atoms with E-state index in [1.807, 2.05) is 12.1 Å². The number of benzene rings is 1. The molecule has 0 bridgehead atoms. The van der Waals surface area contributed by atoms with Gasteiger partial charge in [0.25, 0.3) is 0 Å². The summed E-state index contributed by atoms with van der Waals surface area (Å²) in [4.78, 5) is 5.04. The van der Waals surface area contributed by atoms with Gasteiger partial charge in [-0.15, -0.1) is 0 Å². The van der Waals surface area contributed by atoms with Crippen molar-refractivity contribution >= 4 is 11.6 Å². The molecule has 140 valence electrons. The second-order valence-electron chi connectivity index (χ2n) is 7.21. The van der Waals surface area contributed by atoms with Crippen LogP contribution < -0.4 is 4.74 Å². The van der Waals surface area contributed by atoms with E-state index in [0.29, 0.717) is 22.9 Å². The van der Waals surface area contributed by atoms with Crippen molar-refractivity contribution < 1.29 is 14.9 Å². The molecule has 5 nitrogen and oxygen atoms in total. The van der Waals surface area contributed by atoms with Gasteiger partial charge in [0.1, 0.15) is 0 Å². The van der Waals surface area contributed by atoms with E-state index in [9.17, 15) is 10.2 Å². The van der Waals surface area contributed by atoms with Crippen LogP contribution in [0.4, 0.5) is 0 Å². The lowest BCUT2D eigenvalue weighted by molar-refractivity contribution is 0.0267. The Hall–Kier alpha value is -1.01. The molecule has 0 aromatic heterocycles. The Morgan fingerprint density at radius 2 is 2.00 bits per heavy atom. The van der Waals surface area contributed by atoms with Gasteiger partial charge in [-0.25, -0.2) is 0 Å². The van der Waals surface area contributed by atoms with Crippen molar-refractivity contribution in [2.75, 3.05) is 33.4 Å². The van der Waals surface area contributed by atoms with Crippen molar-refractivity contribution in [3.05, 3.63) is 22.7 Å². The molecule has 3 rings (SSSR count). The van der Waals surface area contributed by atoms with Crippen LogP contribution in [0.5, 0.6) is 11.5 Å². The van der Waals surface area contributed by atoms with Crippen LogP contribution in [0.15, 0.2) is 12.1 Å². The Labute approximate surface area is 155 Å². The molecule has 1 unspecified atom stereocenters. The number of piperazine rings is 1. The molecule has 1 heterocycles. The van der Waals surface area contributed by atoms with Crippen LogP contribution in [-0.2, 0) is 6.54 Å². The molecule has 2 N–H and O–H groups in total. The molecular formula is C19H29ClN2O3. The third-order valence-electron chi connectivity index (χ3n) is 5.58. The van der Waals surface area contributed by atoms with E-state index in [2.05, 4.69) is 9.80 Å². The number of rotatable bonds is 6. The van der Waals surface area contributed by atoms with Gasteiger partial charge in [0.05, 0.1) is 12.1 Å². The summed E-state index contributed by atoms with van der Waals surface area (Å²) in [5, 5.41) is 19.7. The highest BCUT2D eigenvalue weighted by atomic mass is 35.5. The molecule has 1 saturated heterocycles. The smallest absolute Gasteiger partial charge is 0.176 e. The average molecular weight is 369 g/mol. The van der Waals surface area contributed by atoms with Crippen molar-refractivity contribution in [2.45, 2.75) is 50.7 Å². The van der Waals surface area contributed by atoms with Gasteiger partial charge in [-0.1, -0.05) is 24.4 Å². The highest BCUT2D eigenvalue weighted by Crippen LogP contribution is 2.35. The normalized spacial score (nSPS) is 23.2. The summed E-state index contributed by atoms with van der Waals surface area (Å²) in [7, 11) is 1.53. The lowest BCUT2D eigenvalue weighted by atomic mass is 10.0. The molecule has 1 aromatic rings. The van der Waals surface area contributed by atoms with Gasteiger partial charge in [0, 0.05) is 44.9 Å². The van der Waals surface area contributed by atoms with Gasteiger partial charge in [-0.3, -0.25) is 9.80 Å². The standard InChI is InChI=1S/C19H29ClN2O3/c1-25-18-11-14(10-17(20)19(18)24)12-21-7-8-22(15-4-2-3-5-15)16(13-21)6-9-23/h10-11,15-16,23-24H,2-9,12-13H2,1H3. The monoisotopic (exact) mass is 368 g/mol. The highest BCUT2D eigenvalue weighted by molar-refractivity contribution is 6.32. The van der Waals surface area contributed by atoms with Crippen LogP contribution >= 0.6 is 11.6 Å². The van der Waals surface area contributed by atoms with E-state index in [1.54, 1.807) is 0 Å². The summed E-state index contributed by atoms with van der Waals surface area (Å²) < 4.78 is 5.21. The minimum atomic E-state index is -0.00266. The number of aliphatic hydroxyl groups is 1. The number of nitrogens with zero attached hydrogens (tertiary/aromatic N) is 2. The second-order valence-corrected chi connectivity index (χ2v) is 7.61. The Kier molecular flexibility index (Phi) is 6.44. The molecule has 2 fully saturated rings. The van der Waals surface area contributed by atoms with Gasteiger partial charge < -0.3 is 14.9 Å². The van der Waals surface area contributed by atoms with Crippen molar-refractivity contribution in [1.29, 1.82) is 0 Å². The Morgan fingerprint density at radius 3 is 2.68 bits per heavy atom. The van der Waals surface area contributed by atoms with Crippen molar-refractivity contribution in [3.63, 3.8) is 0 Å². The number of phenolic OH excluding ortho intramolecular Hbond substituents is 1. The Bertz CT molecular complexity index is 578. The molecule has 0 spiro atoms. The Balaban J connectivity index is 1.67. The summed E-state index contributed by atoms with van der Waals surface area (Å²) >= 11 is 6.11. The number of hydrogen-bond acceptors (Lipinski definition) is 5. The Morgan fingerprint density at radius 1 is 1.24 bits per heavy atom. The minimum absolute atomic E-state index is 0.00266. The van der Waals surface area contributed by atoms with E-state index in [0.717, 1.165) is 38.2 Å². The number of hydrogen-bond donors (Lipinski definition) is 2. The fourth-order valence-electron chi connectivity index (χ4n) is 4.33. The first-order valence-corrected chi connectivity index (χ1v) is 9.64. The summed E-state index contributed by atoms with van der Waals surface area (Å²) in [6.45, 7) is 4.03. The van der Waals surface area contributed by atoms with Gasteiger partial charge in [-0.2, -0.15) is 0 Å². The average Bonchev–Trinajstić information content (AvgIpc) is 3.13. The fraction of sp³-hybridized carbons (Fsp3) is 0.684. The molecule has 6 heteroatoms. The van der Waals surface area contributed by atoms with Crippen LogP contribution in [0.1, 0.15) is 37.7 Å². The maximum atomic E-state index is 9.89. The second kappa shape index (κ2) is 8.58. The zero-order chi connectivity index (χ0) is 17.8. The van der Waals surface area contributed by atoms with E-state index in [4.69, 9.17) is 16.3 Å². The van der Waals surface area contributed by atoms with Crippen LogP contribution in [0.25, 0.3) is 0 Å². The number of ether oxygens (including phenoxy) is 1. The zero-order valence-corrected chi connectivity index (χ0v) is 15.7. The third-order valence-corrected chi connectivity index (χ3v) is 5.87. The first kappa shape index (κ1) is 18.8.